The highest BCUT2D eigenvalue weighted by molar-refractivity contribution is 9.10. The maximum Gasteiger partial charge on any atom is 0.329 e. The van der Waals surface area contributed by atoms with Crippen molar-refractivity contribution in [2.45, 2.75) is 24.8 Å². The zero-order chi connectivity index (χ0) is 12.5. The van der Waals surface area contributed by atoms with Crippen LogP contribution in [0, 0.1) is 11.3 Å². The van der Waals surface area contributed by atoms with Gasteiger partial charge in [0.1, 0.15) is 11.6 Å². The van der Waals surface area contributed by atoms with Crippen molar-refractivity contribution in [3.8, 4) is 6.07 Å². The lowest BCUT2D eigenvalue weighted by atomic mass is 9.76. The first-order valence-corrected chi connectivity index (χ1v) is 6.08. The number of aliphatic carboxylic acids is 1. The molecule has 0 aromatic heterocycles. The molecule has 5 heteroatoms. The summed E-state index contributed by atoms with van der Waals surface area (Å²) in [4.78, 5) is 11.2. The third-order valence-corrected chi connectivity index (χ3v) is 3.78. The highest BCUT2D eigenvalue weighted by atomic mass is 79.9. The molecule has 4 nitrogen and oxygen atoms in total. The summed E-state index contributed by atoms with van der Waals surface area (Å²) in [6, 6.07) is 7.34. The van der Waals surface area contributed by atoms with Gasteiger partial charge < -0.3 is 10.4 Å². The summed E-state index contributed by atoms with van der Waals surface area (Å²) in [6.45, 7) is 0. The molecule has 1 saturated carbocycles. The largest absolute Gasteiger partial charge is 0.480 e. The van der Waals surface area contributed by atoms with E-state index in [4.69, 9.17) is 5.26 Å². The Kier molecular flexibility index (Phi) is 3.07. The van der Waals surface area contributed by atoms with Crippen LogP contribution in [0.5, 0.6) is 0 Å². The van der Waals surface area contributed by atoms with Crippen LogP contribution >= 0.6 is 15.9 Å². The van der Waals surface area contributed by atoms with Crippen LogP contribution in [-0.4, -0.2) is 16.6 Å². The number of hydrogen-bond acceptors (Lipinski definition) is 3. The van der Waals surface area contributed by atoms with Crippen LogP contribution in [0.25, 0.3) is 0 Å². The minimum absolute atomic E-state index is 0.444. The van der Waals surface area contributed by atoms with Crippen LogP contribution in [0.2, 0.25) is 0 Å². The average Bonchev–Trinajstić information content (AvgIpc) is 2.23. The Morgan fingerprint density at radius 3 is 2.71 bits per heavy atom. The first-order valence-electron chi connectivity index (χ1n) is 5.29. The van der Waals surface area contributed by atoms with Gasteiger partial charge in [-0.05, 0) is 47.3 Å². The van der Waals surface area contributed by atoms with Gasteiger partial charge in [0.2, 0.25) is 0 Å². The Labute approximate surface area is 107 Å². The number of carboxylic acids is 1. The van der Waals surface area contributed by atoms with Crippen LogP contribution in [0.3, 0.4) is 0 Å². The summed E-state index contributed by atoms with van der Waals surface area (Å²) in [5.41, 5.74) is 0.121. The topological polar surface area (TPSA) is 73.1 Å². The summed E-state index contributed by atoms with van der Waals surface area (Å²) in [5.74, 6) is -0.854. The van der Waals surface area contributed by atoms with E-state index in [2.05, 4.69) is 27.3 Å². The van der Waals surface area contributed by atoms with Crippen molar-refractivity contribution in [1.82, 2.24) is 0 Å². The molecule has 0 bridgehead atoms. The molecule has 0 unspecified atom stereocenters. The first-order chi connectivity index (χ1) is 8.09. The number of nitrogens with one attached hydrogen (secondary N) is 1. The van der Waals surface area contributed by atoms with Gasteiger partial charge in [0.25, 0.3) is 0 Å². The van der Waals surface area contributed by atoms with Crippen molar-refractivity contribution < 1.29 is 9.90 Å². The molecule has 1 aromatic carbocycles. The third kappa shape index (κ3) is 2.01. The van der Waals surface area contributed by atoms with Crippen molar-refractivity contribution in [3.63, 3.8) is 0 Å². The van der Waals surface area contributed by atoms with Gasteiger partial charge in [-0.3, -0.25) is 0 Å². The van der Waals surface area contributed by atoms with Crippen molar-refractivity contribution in [3.05, 3.63) is 28.2 Å². The quantitative estimate of drug-likeness (QED) is 0.899. The van der Waals surface area contributed by atoms with E-state index in [1.165, 1.54) is 0 Å². The Morgan fingerprint density at radius 2 is 2.24 bits per heavy atom. The smallest absolute Gasteiger partial charge is 0.329 e. The van der Waals surface area contributed by atoms with Crippen LogP contribution in [-0.2, 0) is 4.79 Å². The molecule has 0 saturated heterocycles. The zero-order valence-corrected chi connectivity index (χ0v) is 10.6. The third-order valence-electron chi connectivity index (χ3n) is 3.12. The molecule has 1 aromatic rings. The lowest BCUT2D eigenvalue weighted by molar-refractivity contribution is -0.145. The molecule has 0 spiro atoms. The molecule has 1 fully saturated rings. The van der Waals surface area contributed by atoms with E-state index in [9.17, 15) is 9.90 Å². The molecule has 1 aliphatic rings. The van der Waals surface area contributed by atoms with Gasteiger partial charge in [0.15, 0.2) is 0 Å². The molecule has 2 N–H and O–H groups in total. The summed E-state index contributed by atoms with van der Waals surface area (Å²) >= 11 is 3.28. The minimum Gasteiger partial charge on any atom is -0.480 e. The van der Waals surface area contributed by atoms with Gasteiger partial charge in [-0.1, -0.05) is 6.07 Å². The lowest BCUT2D eigenvalue weighted by Crippen LogP contribution is -2.52. The number of nitrogens with zero attached hydrogens (tertiary/aromatic N) is 1. The summed E-state index contributed by atoms with van der Waals surface area (Å²) in [5, 5.41) is 21.3. The molecule has 17 heavy (non-hydrogen) atoms. The van der Waals surface area contributed by atoms with Gasteiger partial charge >= 0.3 is 5.97 Å². The van der Waals surface area contributed by atoms with Gasteiger partial charge in [-0.2, -0.15) is 5.26 Å². The number of hydrogen-bond donors (Lipinski definition) is 2. The fourth-order valence-electron chi connectivity index (χ4n) is 1.92. The Balaban J connectivity index is 2.34. The summed E-state index contributed by atoms with van der Waals surface area (Å²) in [7, 11) is 0. The number of carbonyl (C=O) groups is 1. The van der Waals surface area contributed by atoms with Crippen LogP contribution in [0.15, 0.2) is 22.7 Å². The van der Waals surface area contributed by atoms with Gasteiger partial charge in [-0.25, -0.2) is 4.79 Å². The van der Waals surface area contributed by atoms with Crippen molar-refractivity contribution >= 4 is 27.6 Å². The minimum atomic E-state index is -0.896. The molecule has 0 radical (unpaired) electrons. The SMILES string of the molecule is N#Cc1c(Br)cccc1NC1(C(=O)O)CCC1. The second-order valence-corrected chi connectivity index (χ2v) is 4.99. The molecule has 0 atom stereocenters. The standard InChI is InChI=1S/C12H11BrN2O2/c13-9-3-1-4-10(8(9)7-14)15-12(11(16)17)5-2-6-12/h1,3-4,15H,2,5-6H2,(H,16,17). The van der Waals surface area contributed by atoms with Crippen molar-refractivity contribution in [2.24, 2.45) is 0 Å². The Bertz CT molecular complexity index is 504. The first kappa shape index (κ1) is 11.9. The fourth-order valence-corrected chi connectivity index (χ4v) is 2.38. The highest BCUT2D eigenvalue weighted by Gasteiger charge is 2.44. The monoisotopic (exact) mass is 294 g/mol. The van der Waals surface area contributed by atoms with E-state index in [-0.39, 0.29) is 0 Å². The number of halogens is 1. The predicted molar refractivity (Wildman–Crippen MR) is 66.7 cm³/mol. The van der Waals surface area contributed by atoms with E-state index in [1.54, 1.807) is 18.2 Å². The number of anilines is 1. The Hall–Kier alpha value is -1.54. The van der Waals surface area contributed by atoms with E-state index in [0.717, 1.165) is 6.42 Å². The molecule has 2 rings (SSSR count). The number of carboxylic acid groups (broad SMARTS) is 1. The van der Waals surface area contributed by atoms with Crippen LogP contribution in [0.1, 0.15) is 24.8 Å². The highest BCUT2D eigenvalue weighted by Crippen LogP contribution is 2.37. The van der Waals surface area contributed by atoms with Crippen LogP contribution < -0.4 is 5.32 Å². The fraction of sp³-hybridized carbons (Fsp3) is 0.333. The molecule has 88 valence electrons. The van der Waals surface area contributed by atoms with E-state index >= 15 is 0 Å². The number of rotatable bonds is 3. The molecule has 0 amide bonds. The van der Waals surface area contributed by atoms with Crippen molar-refractivity contribution in [1.29, 1.82) is 5.26 Å². The number of nitriles is 1. The second kappa shape index (κ2) is 4.38. The van der Waals surface area contributed by atoms with E-state index in [1.807, 2.05) is 0 Å². The Morgan fingerprint density at radius 1 is 1.53 bits per heavy atom. The maximum absolute atomic E-state index is 11.2. The molecule has 0 aliphatic heterocycles. The number of benzene rings is 1. The molecular formula is C12H11BrN2O2. The van der Waals surface area contributed by atoms with Crippen LogP contribution in [0.4, 0.5) is 5.69 Å². The lowest BCUT2D eigenvalue weighted by Gasteiger charge is -2.39. The molecule has 1 aliphatic carbocycles. The zero-order valence-electron chi connectivity index (χ0n) is 9.03. The predicted octanol–water partition coefficient (Wildman–Crippen LogP) is 2.74. The average molecular weight is 295 g/mol. The molecule has 0 heterocycles. The summed E-state index contributed by atoms with van der Waals surface area (Å²) < 4.78 is 0.671. The van der Waals surface area contributed by atoms with Crippen molar-refractivity contribution in [2.75, 3.05) is 5.32 Å². The van der Waals surface area contributed by atoms with E-state index in [0.29, 0.717) is 28.6 Å². The maximum atomic E-state index is 11.2. The molecular weight excluding hydrogens is 284 g/mol. The van der Waals surface area contributed by atoms with E-state index < -0.39 is 11.5 Å². The van der Waals surface area contributed by atoms with Gasteiger partial charge in [0, 0.05) is 4.47 Å². The normalized spacial score (nSPS) is 16.7. The van der Waals surface area contributed by atoms with Gasteiger partial charge in [-0.15, -0.1) is 0 Å². The van der Waals surface area contributed by atoms with Gasteiger partial charge in [0.05, 0.1) is 11.3 Å². The second-order valence-electron chi connectivity index (χ2n) is 4.14. The summed E-state index contributed by atoms with van der Waals surface area (Å²) in [6.07, 6.45) is 2.09.